The zero-order chi connectivity index (χ0) is 14.1. The van der Waals surface area contributed by atoms with Gasteiger partial charge in [0.05, 0.1) is 23.8 Å². The Labute approximate surface area is 120 Å². The molecule has 1 aromatic carbocycles. The van der Waals surface area contributed by atoms with Gasteiger partial charge in [0.2, 0.25) is 0 Å². The molecule has 0 bridgehead atoms. The smallest absolute Gasteiger partial charge is 0.261 e. The van der Waals surface area contributed by atoms with E-state index in [0.717, 1.165) is 11.3 Å². The number of fused-ring (bicyclic) bond motifs is 1. The molecule has 2 heterocycles. The minimum atomic E-state index is -0.0475. The van der Waals surface area contributed by atoms with Gasteiger partial charge in [0.1, 0.15) is 0 Å². The highest BCUT2D eigenvalue weighted by Crippen LogP contribution is 2.18. The van der Waals surface area contributed by atoms with Crippen LogP contribution in [0.3, 0.4) is 0 Å². The van der Waals surface area contributed by atoms with E-state index in [4.69, 9.17) is 5.73 Å². The van der Waals surface area contributed by atoms with Crippen molar-refractivity contribution in [2.45, 2.75) is 19.9 Å². The Morgan fingerprint density at radius 2 is 2.05 bits per heavy atom. The standard InChI is InChI=1S/C15H15N3OS/c1-2-11-4-5-12(20-11)8-18-9-17-14-6-3-10(16)7-13(14)15(18)19/h3-7,9H,2,8,16H2,1H3. The lowest BCUT2D eigenvalue weighted by atomic mass is 10.2. The summed E-state index contributed by atoms with van der Waals surface area (Å²) >= 11 is 1.73. The molecule has 0 saturated carbocycles. The van der Waals surface area contributed by atoms with Gasteiger partial charge in [0, 0.05) is 15.4 Å². The molecule has 0 aliphatic rings. The summed E-state index contributed by atoms with van der Waals surface area (Å²) in [6, 6.07) is 9.40. The van der Waals surface area contributed by atoms with Crippen molar-refractivity contribution in [3.05, 3.63) is 56.8 Å². The number of hydrogen-bond acceptors (Lipinski definition) is 4. The Morgan fingerprint density at radius 3 is 2.80 bits per heavy atom. The van der Waals surface area contributed by atoms with Gasteiger partial charge in [-0.25, -0.2) is 4.98 Å². The largest absolute Gasteiger partial charge is 0.399 e. The first-order chi connectivity index (χ1) is 9.67. The van der Waals surface area contributed by atoms with Crippen molar-refractivity contribution in [1.29, 1.82) is 0 Å². The average Bonchev–Trinajstić information content (AvgIpc) is 2.90. The Hall–Kier alpha value is -2.14. The predicted molar refractivity (Wildman–Crippen MR) is 83.2 cm³/mol. The molecule has 2 N–H and O–H groups in total. The Bertz CT molecular complexity index is 819. The molecule has 0 aliphatic heterocycles. The van der Waals surface area contributed by atoms with Crippen LogP contribution in [0.15, 0.2) is 41.5 Å². The zero-order valence-electron chi connectivity index (χ0n) is 11.2. The molecule has 0 saturated heterocycles. The van der Waals surface area contributed by atoms with Crippen LogP contribution in [0.5, 0.6) is 0 Å². The summed E-state index contributed by atoms with van der Waals surface area (Å²) in [5, 5.41) is 0.569. The van der Waals surface area contributed by atoms with Gasteiger partial charge in [-0.15, -0.1) is 11.3 Å². The molecular formula is C15H15N3OS. The molecule has 0 aliphatic carbocycles. The molecule has 0 atom stereocenters. The molecule has 3 aromatic rings. The number of nitrogens with zero attached hydrogens (tertiary/aromatic N) is 2. The van der Waals surface area contributed by atoms with Crippen molar-refractivity contribution in [1.82, 2.24) is 9.55 Å². The van der Waals surface area contributed by atoms with Crippen LogP contribution in [0.1, 0.15) is 16.7 Å². The van der Waals surface area contributed by atoms with E-state index in [1.807, 2.05) is 0 Å². The number of nitrogen functional groups attached to an aromatic ring is 1. The normalized spacial score (nSPS) is 11.1. The van der Waals surface area contributed by atoms with Crippen LogP contribution in [0.25, 0.3) is 10.9 Å². The maximum Gasteiger partial charge on any atom is 0.261 e. The van der Waals surface area contributed by atoms with Gasteiger partial charge >= 0.3 is 0 Å². The van der Waals surface area contributed by atoms with Crippen LogP contribution in [-0.4, -0.2) is 9.55 Å². The Kier molecular flexibility index (Phi) is 3.28. The highest BCUT2D eigenvalue weighted by atomic mass is 32.1. The van der Waals surface area contributed by atoms with Gasteiger partial charge in [-0.3, -0.25) is 9.36 Å². The summed E-state index contributed by atoms with van der Waals surface area (Å²) < 4.78 is 1.63. The van der Waals surface area contributed by atoms with Crippen molar-refractivity contribution < 1.29 is 0 Å². The van der Waals surface area contributed by atoms with Gasteiger partial charge in [0.25, 0.3) is 5.56 Å². The maximum atomic E-state index is 12.4. The first kappa shape index (κ1) is 12.9. The fourth-order valence-electron chi connectivity index (χ4n) is 2.15. The third-order valence-corrected chi connectivity index (χ3v) is 4.45. The highest BCUT2D eigenvalue weighted by molar-refractivity contribution is 7.11. The lowest BCUT2D eigenvalue weighted by Gasteiger charge is -2.05. The van der Waals surface area contributed by atoms with E-state index in [2.05, 4.69) is 24.0 Å². The van der Waals surface area contributed by atoms with Crippen molar-refractivity contribution in [3.8, 4) is 0 Å². The Balaban J connectivity index is 2.03. The van der Waals surface area contributed by atoms with Crippen molar-refractivity contribution in [2.24, 2.45) is 0 Å². The van der Waals surface area contributed by atoms with Gasteiger partial charge < -0.3 is 5.73 Å². The number of hydrogen-bond donors (Lipinski definition) is 1. The molecule has 0 unspecified atom stereocenters. The summed E-state index contributed by atoms with van der Waals surface area (Å²) in [4.78, 5) is 19.2. The number of aromatic nitrogens is 2. The fraction of sp³-hybridized carbons (Fsp3) is 0.200. The van der Waals surface area contributed by atoms with Gasteiger partial charge in [-0.2, -0.15) is 0 Å². The van der Waals surface area contributed by atoms with E-state index in [1.165, 1.54) is 4.88 Å². The fourth-order valence-corrected chi connectivity index (χ4v) is 3.11. The quantitative estimate of drug-likeness (QED) is 0.753. The second kappa shape index (κ2) is 5.09. The van der Waals surface area contributed by atoms with E-state index in [-0.39, 0.29) is 5.56 Å². The number of benzene rings is 1. The molecule has 0 spiro atoms. The van der Waals surface area contributed by atoms with Gasteiger partial charge in [-0.05, 0) is 36.8 Å². The molecule has 5 heteroatoms. The van der Waals surface area contributed by atoms with Crippen molar-refractivity contribution >= 4 is 27.9 Å². The second-order valence-corrected chi connectivity index (χ2v) is 5.93. The summed E-state index contributed by atoms with van der Waals surface area (Å²) in [6.07, 6.45) is 2.62. The summed E-state index contributed by atoms with van der Waals surface area (Å²) in [6.45, 7) is 2.68. The summed E-state index contributed by atoms with van der Waals surface area (Å²) in [5.41, 5.74) is 6.96. The lowest BCUT2D eigenvalue weighted by molar-refractivity contribution is 0.758. The monoisotopic (exact) mass is 285 g/mol. The molecule has 0 amide bonds. The Morgan fingerprint density at radius 1 is 1.25 bits per heavy atom. The highest BCUT2D eigenvalue weighted by Gasteiger charge is 2.06. The van der Waals surface area contributed by atoms with Crippen molar-refractivity contribution in [2.75, 3.05) is 5.73 Å². The van der Waals surface area contributed by atoms with Crippen LogP contribution in [0, 0.1) is 0 Å². The number of rotatable bonds is 3. The minimum Gasteiger partial charge on any atom is -0.399 e. The first-order valence-corrected chi connectivity index (χ1v) is 7.31. The zero-order valence-corrected chi connectivity index (χ0v) is 12.0. The number of nitrogens with two attached hydrogens (primary N) is 1. The van der Waals surface area contributed by atoms with E-state index < -0.39 is 0 Å². The van der Waals surface area contributed by atoms with Gasteiger partial charge in [0.15, 0.2) is 0 Å². The number of aryl methyl sites for hydroxylation is 1. The van der Waals surface area contributed by atoms with E-state index in [1.54, 1.807) is 40.4 Å². The minimum absolute atomic E-state index is 0.0475. The predicted octanol–water partition coefficient (Wildman–Crippen LogP) is 2.65. The average molecular weight is 285 g/mol. The second-order valence-electron chi connectivity index (χ2n) is 4.68. The lowest BCUT2D eigenvalue weighted by Crippen LogP contribution is -2.20. The molecule has 102 valence electrons. The molecular weight excluding hydrogens is 270 g/mol. The topological polar surface area (TPSA) is 60.9 Å². The third-order valence-electron chi connectivity index (χ3n) is 3.24. The molecule has 2 aromatic heterocycles. The third kappa shape index (κ3) is 2.32. The van der Waals surface area contributed by atoms with E-state index in [0.29, 0.717) is 23.1 Å². The summed E-state index contributed by atoms with van der Waals surface area (Å²) in [7, 11) is 0. The van der Waals surface area contributed by atoms with Crippen LogP contribution in [0.2, 0.25) is 0 Å². The molecule has 4 nitrogen and oxygen atoms in total. The van der Waals surface area contributed by atoms with Crippen LogP contribution in [-0.2, 0) is 13.0 Å². The summed E-state index contributed by atoms with van der Waals surface area (Å²) in [5.74, 6) is 0. The molecule has 0 fully saturated rings. The van der Waals surface area contributed by atoms with Crippen LogP contribution in [0.4, 0.5) is 5.69 Å². The SMILES string of the molecule is CCc1ccc(Cn2cnc3ccc(N)cc3c2=O)s1. The molecule has 0 radical (unpaired) electrons. The van der Waals surface area contributed by atoms with Crippen molar-refractivity contribution in [3.63, 3.8) is 0 Å². The molecule has 20 heavy (non-hydrogen) atoms. The number of thiophene rings is 1. The van der Waals surface area contributed by atoms with Crippen LogP contribution >= 0.6 is 11.3 Å². The first-order valence-electron chi connectivity index (χ1n) is 6.49. The van der Waals surface area contributed by atoms with Gasteiger partial charge in [-0.1, -0.05) is 6.92 Å². The van der Waals surface area contributed by atoms with E-state index >= 15 is 0 Å². The van der Waals surface area contributed by atoms with Crippen LogP contribution < -0.4 is 11.3 Å². The van der Waals surface area contributed by atoms with E-state index in [9.17, 15) is 4.79 Å². The maximum absolute atomic E-state index is 12.4. The molecule has 3 rings (SSSR count). The number of anilines is 1.